The normalized spacial score (nSPS) is 15.1. The first-order valence-electron chi connectivity index (χ1n) is 9.26. The van der Waals surface area contributed by atoms with Gasteiger partial charge in [0.05, 0.1) is 11.0 Å². The molecule has 1 aliphatic heterocycles. The molecule has 27 heavy (non-hydrogen) atoms. The predicted molar refractivity (Wildman–Crippen MR) is 110 cm³/mol. The van der Waals surface area contributed by atoms with Gasteiger partial charge in [0.25, 0.3) is 5.88 Å². The lowest BCUT2D eigenvalue weighted by Crippen LogP contribution is -2.45. The lowest BCUT2D eigenvalue weighted by atomic mass is 10.2. The van der Waals surface area contributed by atoms with Crippen LogP contribution in [0.5, 0.6) is 11.6 Å². The second kappa shape index (κ2) is 7.40. The maximum absolute atomic E-state index is 6.23. The van der Waals surface area contributed by atoms with Crippen LogP contribution < -0.4 is 14.5 Å². The van der Waals surface area contributed by atoms with Gasteiger partial charge in [-0.2, -0.15) is 0 Å². The van der Waals surface area contributed by atoms with E-state index in [1.54, 1.807) is 0 Å². The maximum atomic E-state index is 6.23. The molecular weight excluding hydrogens is 338 g/mol. The standard InChI is InChI=1S/C21H25N5O/c1-24(2)16-7-6-8-17(15-16)27-21-20(26-13-11-25(3)12-14-26)22-18-9-4-5-10-19(18)23-21/h4-10,15H,11-14H2,1-3H3. The molecule has 2 heterocycles. The number of rotatable bonds is 4. The summed E-state index contributed by atoms with van der Waals surface area (Å²) in [6, 6.07) is 16.0. The Kier molecular flexibility index (Phi) is 4.81. The van der Waals surface area contributed by atoms with Crippen LogP contribution in [0.15, 0.2) is 48.5 Å². The third-order valence-corrected chi connectivity index (χ3v) is 4.87. The number of aromatic nitrogens is 2. The van der Waals surface area contributed by atoms with Crippen LogP contribution in [-0.4, -0.2) is 62.2 Å². The zero-order valence-electron chi connectivity index (χ0n) is 16.1. The van der Waals surface area contributed by atoms with Crippen molar-refractivity contribution in [2.45, 2.75) is 0 Å². The van der Waals surface area contributed by atoms with Crippen LogP contribution in [0.2, 0.25) is 0 Å². The van der Waals surface area contributed by atoms with Gasteiger partial charge in [-0.05, 0) is 31.3 Å². The molecule has 1 fully saturated rings. The molecule has 2 aromatic carbocycles. The van der Waals surface area contributed by atoms with Gasteiger partial charge >= 0.3 is 0 Å². The van der Waals surface area contributed by atoms with E-state index < -0.39 is 0 Å². The molecule has 3 aromatic rings. The average Bonchev–Trinajstić information content (AvgIpc) is 2.68. The number of para-hydroxylation sites is 2. The van der Waals surface area contributed by atoms with Crippen molar-refractivity contribution in [3.8, 4) is 11.6 Å². The summed E-state index contributed by atoms with van der Waals surface area (Å²) in [5, 5.41) is 0. The van der Waals surface area contributed by atoms with Gasteiger partial charge in [-0.15, -0.1) is 0 Å². The highest BCUT2D eigenvalue weighted by molar-refractivity contribution is 5.77. The van der Waals surface area contributed by atoms with Crippen molar-refractivity contribution in [3.05, 3.63) is 48.5 Å². The third kappa shape index (κ3) is 3.80. The van der Waals surface area contributed by atoms with Crippen LogP contribution >= 0.6 is 0 Å². The summed E-state index contributed by atoms with van der Waals surface area (Å²) >= 11 is 0. The molecule has 140 valence electrons. The van der Waals surface area contributed by atoms with Crippen LogP contribution in [-0.2, 0) is 0 Å². The number of ether oxygens (including phenoxy) is 1. The Morgan fingerprint density at radius 2 is 1.59 bits per heavy atom. The number of hydrogen-bond donors (Lipinski definition) is 0. The number of piperazine rings is 1. The Morgan fingerprint density at radius 3 is 2.30 bits per heavy atom. The van der Waals surface area contributed by atoms with Crippen molar-refractivity contribution in [1.82, 2.24) is 14.9 Å². The molecule has 0 aliphatic carbocycles. The second-order valence-electron chi connectivity index (χ2n) is 7.13. The van der Waals surface area contributed by atoms with E-state index >= 15 is 0 Å². The lowest BCUT2D eigenvalue weighted by Gasteiger charge is -2.33. The summed E-state index contributed by atoms with van der Waals surface area (Å²) in [6.07, 6.45) is 0. The maximum Gasteiger partial charge on any atom is 0.263 e. The van der Waals surface area contributed by atoms with Crippen LogP contribution in [0, 0.1) is 0 Å². The summed E-state index contributed by atoms with van der Waals surface area (Å²) in [7, 11) is 6.18. The summed E-state index contributed by atoms with van der Waals surface area (Å²) in [4.78, 5) is 16.3. The molecule has 0 radical (unpaired) electrons. The van der Waals surface area contributed by atoms with E-state index in [-0.39, 0.29) is 0 Å². The summed E-state index contributed by atoms with van der Waals surface area (Å²) in [6.45, 7) is 3.84. The fourth-order valence-electron chi connectivity index (χ4n) is 3.20. The van der Waals surface area contributed by atoms with E-state index in [1.807, 2.05) is 56.6 Å². The van der Waals surface area contributed by atoms with Gasteiger partial charge < -0.3 is 19.4 Å². The fourth-order valence-corrected chi connectivity index (χ4v) is 3.20. The topological polar surface area (TPSA) is 44.7 Å². The smallest absolute Gasteiger partial charge is 0.263 e. The molecule has 1 aliphatic rings. The number of hydrogen-bond acceptors (Lipinski definition) is 6. The van der Waals surface area contributed by atoms with E-state index in [2.05, 4.69) is 27.8 Å². The van der Waals surface area contributed by atoms with Gasteiger partial charge in [0.1, 0.15) is 5.75 Å². The van der Waals surface area contributed by atoms with E-state index in [0.717, 1.165) is 54.5 Å². The van der Waals surface area contributed by atoms with E-state index in [9.17, 15) is 0 Å². The van der Waals surface area contributed by atoms with Gasteiger partial charge in [0.2, 0.25) is 0 Å². The monoisotopic (exact) mass is 363 g/mol. The largest absolute Gasteiger partial charge is 0.436 e. The zero-order valence-corrected chi connectivity index (χ0v) is 16.1. The molecule has 0 bridgehead atoms. The van der Waals surface area contributed by atoms with E-state index in [4.69, 9.17) is 14.7 Å². The molecule has 0 unspecified atom stereocenters. The van der Waals surface area contributed by atoms with Gasteiger partial charge in [0.15, 0.2) is 5.82 Å². The number of nitrogens with zero attached hydrogens (tertiary/aromatic N) is 5. The summed E-state index contributed by atoms with van der Waals surface area (Å²) in [5.74, 6) is 2.15. The van der Waals surface area contributed by atoms with Crippen LogP contribution in [0.1, 0.15) is 0 Å². The minimum absolute atomic E-state index is 0.564. The molecule has 4 rings (SSSR count). The fraction of sp³-hybridized carbons (Fsp3) is 0.333. The number of anilines is 2. The molecular formula is C21H25N5O. The summed E-state index contributed by atoms with van der Waals surface area (Å²) in [5.41, 5.74) is 2.82. The van der Waals surface area contributed by atoms with Crippen molar-refractivity contribution in [3.63, 3.8) is 0 Å². The highest BCUT2D eigenvalue weighted by Crippen LogP contribution is 2.32. The minimum atomic E-state index is 0.564. The molecule has 0 atom stereocenters. The third-order valence-electron chi connectivity index (χ3n) is 4.87. The van der Waals surface area contributed by atoms with Crippen molar-refractivity contribution in [1.29, 1.82) is 0 Å². The first-order valence-corrected chi connectivity index (χ1v) is 9.26. The molecule has 1 aromatic heterocycles. The van der Waals surface area contributed by atoms with Gasteiger partial charge in [-0.1, -0.05) is 18.2 Å². The Hall–Kier alpha value is -2.86. The Morgan fingerprint density at radius 1 is 0.889 bits per heavy atom. The van der Waals surface area contributed by atoms with Crippen molar-refractivity contribution in [2.24, 2.45) is 0 Å². The highest BCUT2D eigenvalue weighted by Gasteiger charge is 2.21. The van der Waals surface area contributed by atoms with Gasteiger partial charge in [-0.25, -0.2) is 9.97 Å². The lowest BCUT2D eigenvalue weighted by molar-refractivity contribution is 0.310. The Balaban J connectivity index is 1.73. The quantitative estimate of drug-likeness (QED) is 0.709. The zero-order chi connectivity index (χ0) is 18.8. The first kappa shape index (κ1) is 17.5. The van der Waals surface area contributed by atoms with Crippen LogP contribution in [0.4, 0.5) is 11.5 Å². The Bertz CT molecular complexity index is 935. The molecule has 0 spiro atoms. The van der Waals surface area contributed by atoms with Gasteiger partial charge in [0, 0.05) is 52.0 Å². The molecule has 6 nitrogen and oxygen atoms in total. The molecule has 6 heteroatoms. The summed E-state index contributed by atoms with van der Waals surface area (Å²) < 4.78 is 6.23. The first-order chi connectivity index (χ1) is 13.1. The van der Waals surface area contributed by atoms with Crippen LogP contribution in [0.3, 0.4) is 0 Å². The SMILES string of the molecule is CN1CCN(c2nc3ccccc3nc2Oc2cccc(N(C)C)c2)CC1. The highest BCUT2D eigenvalue weighted by atomic mass is 16.5. The van der Waals surface area contributed by atoms with Crippen molar-refractivity contribution in [2.75, 3.05) is 57.1 Å². The van der Waals surface area contributed by atoms with Crippen LogP contribution in [0.25, 0.3) is 11.0 Å². The number of fused-ring (bicyclic) bond motifs is 1. The minimum Gasteiger partial charge on any atom is -0.436 e. The molecule has 1 saturated heterocycles. The second-order valence-corrected chi connectivity index (χ2v) is 7.13. The number of likely N-dealkylation sites (N-methyl/N-ethyl adjacent to an activating group) is 1. The van der Waals surface area contributed by atoms with Crippen molar-refractivity contribution >= 4 is 22.5 Å². The molecule has 0 saturated carbocycles. The number of benzene rings is 2. The average molecular weight is 363 g/mol. The predicted octanol–water partition coefficient (Wildman–Crippen LogP) is 3.24. The molecule has 0 N–H and O–H groups in total. The van der Waals surface area contributed by atoms with Crippen molar-refractivity contribution < 1.29 is 4.74 Å². The Labute approximate surface area is 160 Å². The van der Waals surface area contributed by atoms with E-state index in [1.165, 1.54) is 0 Å². The molecule has 0 amide bonds. The van der Waals surface area contributed by atoms with Gasteiger partial charge in [-0.3, -0.25) is 0 Å². The van der Waals surface area contributed by atoms with E-state index in [0.29, 0.717) is 5.88 Å².